The van der Waals surface area contributed by atoms with Gasteiger partial charge in [-0.2, -0.15) is 5.10 Å². The molecule has 2 aliphatic rings. The van der Waals surface area contributed by atoms with E-state index in [2.05, 4.69) is 45.8 Å². The van der Waals surface area contributed by atoms with Crippen molar-refractivity contribution in [1.82, 2.24) is 10.3 Å². The Morgan fingerprint density at radius 1 is 0.966 bits per heavy atom. The fourth-order valence-corrected chi connectivity index (χ4v) is 3.75. The summed E-state index contributed by atoms with van der Waals surface area (Å²) in [4.78, 5) is 14.6. The van der Waals surface area contributed by atoms with Crippen molar-refractivity contribution in [2.75, 3.05) is 26.3 Å². The molecule has 5 nitrogen and oxygen atoms in total. The number of hydrogen-bond donors (Lipinski definition) is 1. The van der Waals surface area contributed by atoms with Crippen molar-refractivity contribution in [3.05, 3.63) is 88.6 Å². The highest BCUT2D eigenvalue weighted by atomic mass is 16.5. The smallest absolute Gasteiger partial charge is 0.271 e. The molecule has 1 aliphatic carbocycles. The normalized spacial score (nSPS) is 18.6. The van der Waals surface area contributed by atoms with Gasteiger partial charge in [0.25, 0.3) is 5.91 Å². The number of ether oxygens (including phenoxy) is 1. The number of allylic oxidation sites excluding steroid dienone is 2. The van der Waals surface area contributed by atoms with Crippen molar-refractivity contribution in [1.29, 1.82) is 0 Å². The molecule has 4 rings (SSSR count). The van der Waals surface area contributed by atoms with Crippen LogP contribution in [0.1, 0.15) is 28.8 Å². The van der Waals surface area contributed by atoms with Gasteiger partial charge in [-0.15, -0.1) is 0 Å². The molecule has 2 aromatic carbocycles. The van der Waals surface area contributed by atoms with Crippen molar-refractivity contribution >= 4 is 18.2 Å². The maximum Gasteiger partial charge on any atom is 0.271 e. The van der Waals surface area contributed by atoms with E-state index in [-0.39, 0.29) is 5.91 Å². The third kappa shape index (κ3) is 4.81. The Morgan fingerprint density at radius 3 is 2.38 bits per heavy atom. The number of benzene rings is 2. The molecular weight excluding hydrogens is 362 g/mol. The van der Waals surface area contributed by atoms with Crippen molar-refractivity contribution in [2.24, 2.45) is 5.10 Å². The molecule has 1 fully saturated rings. The van der Waals surface area contributed by atoms with Crippen LogP contribution in [0.15, 0.2) is 82.6 Å². The van der Waals surface area contributed by atoms with E-state index in [0.717, 1.165) is 44.7 Å². The molecule has 2 aromatic rings. The van der Waals surface area contributed by atoms with Crippen LogP contribution in [0.3, 0.4) is 0 Å². The minimum Gasteiger partial charge on any atom is -0.378 e. The maximum atomic E-state index is 12.2. The van der Waals surface area contributed by atoms with Gasteiger partial charge >= 0.3 is 0 Å². The summed E-state index contributed by atoms with van der Waals surface area (Å²) in [5.41, 5.74) is 8.15. The summed E-state index contributed by atoms with van der Waals surface area (Å²) in [7, 11) is 0. The summed E-state index contributed by atoms with van der Waals surface area (Å²) in [6.07, 6.45) is 5.94. The molecule has 148 valence electrons. The average molecular weight is 387 g/mol. The number of carbonyl (C=O) groups is 1. The maximum absolute atomic E-state index is 12.2. The van der Waals surface area contributed by atoms with Crippen LogP contribution in [0.5, 0.6) is 0 Å². The van der Waals surface area contributed by atoms with E-state index in [9.17, 15) is 4.79 Å². The van der Waals surface area contributed by atoms with Crippen molar-refractivity contribution in [2.45, 2.75) is 12.8 Å². The molecule has 0 radical (unpaired) electrons. The van der Waals surface area contributed by atoms with Gasteiger partial charge < -0.3 is 9.64 Å². The minimum absolute atomic E-state index is 0.201. The molecule has 0 bridgehead atoms. The van der Waals surface area contributed by atoms with Crippen LogP contribution in [0.2, 0.25) is 0 Å². The summed E-state index contributed by atoms with van der Waals surface area (Å²) in [6, 6.07) is 19.5. The van der Waals surface area contributed by atoms with E-state index in [4.69, 9.17) is 4.74 Å². The molecule has 5 heteroatoms. The molecule has 0 spiro atoms. The number of carbonyl (C=O) groups excluding carboxylic acids is 1. The fraction of sp³-hybridized carbons (Fsp3) is 0.250. The van der Waals surface area contributed by atoms with E-state index in [1.807, 2.05) is 24.3 Å². The highest BCUT2D eigenvalue weighted by Crippen LogP contribution is 2.34. The lowest BCUT2D eigenvalue weighted by molar-refractivity contribution is 0.0548. The molecule has 29 heavy (non-hydrogen) atoms. The molecule has 1 heterocycles. The highest BCUT2D eigenvalue weighted by Gasteiger charge is 2.25. The Bertz CT molecular complexity index is 927. The van der Waals surface area contributed by atoms with Gasteiger partial charge in [0, 0.05) is 24.4 Å². The van der Waals surface area contributed by atoms with Gasteiger partial charge in [0.15, 0.2) is 0 Å². The third-order valence-corrected chi connectivity index (χ3v) is 5.16. The van der Waals surface area contributed by atoms with Crippen LogP contribution in [0, 0.1) is 0 Å². The predicted molar refractivity (Wildman–Crippen MR) is 115 cm³/mol. The molecule has 1 amide bonds. The van der Waals surface area contributed by atoms with Crippen LogP contribution in [0.25, 0.3) is 6.08 Å². The predicted octanol–water partition coefficient (Wildman–Crippen LogP) is 3.87. The van der Waals surface area contributed by atoms with Crippen LogP contribution < -0.4 is 5.43 Å². The first-order valence-electron chi connectivity index (χ1n) is 10.0. The van der Waals surface area contributed by atoms with Gasteiger partial charge in [0.1, 0.15) is 0 Å². The van der Waals surface area contributed by atoms with Gasteiger partial charge in [-0.25, -0.2) is 5.43 Å². The lowest BCUT2D eigenvalue weighted by atomic mass is 10.1. The third-order valence-electron chi connectivity index (χ3n) is 5.16. The number of hydrazone groups is 1. The number of rotatable bonds is 5. The minimum atomic E-state index is -0.201. The molecule has 0 atom stereocenters. The zero-order chi connectivity index (χ0) is 19.9. The first kappa shape index (κ1) is 19.2. The van der Waals surface area contributed by atoms with Gasteiger partial charge in [-0.05, 0) is 47.8 Å². The Morgan fingerprint density at radius 2 is 1.66 bits per heavy atom. The number of hydrogen-bond acceptors (Lipinski definition) is 4. The van der Waals surface area contributed by atoms with Crippen molar-refractivity contribution in [3.8, 4) is 0 Å². The molecule has 0 aromatic heterocycles. The molecule has 1 saturated heterocycles. The fourth-order valence-electron chi connectivity index (χ4n) is 3.75. The zero-order valence-electron chi connectivity index (χ0n) is 16.4. The van der Waals surface area contributed by atoms with E-state index in [1.54, 1.807) is 18.3 Å². The Kier molecular flexibility index (Phi) is 6.17. The molecular formula is C24H25N3O2. The molecule has 1 N–H and O–H groups in total. The number of nitrogens with zero attached hydrogens (tertiary/aromatic N) is 2. The summed E-state index contributed by atoms with van der Waals surface area (Å²) < 4.78 is 5.54. The van der Waals surface area contributed by atoms with Gasteiger partial charge in [0.05, 0.1) is 19.4 Å². The number of nitrogens with one attached hydrogen (secondary N) is 1. The van der Waals surface area contributed by atoms with E-state index >= 15 is 0 Å². The average Bonchev–Trinajstić information content (AvgIpc) is 3.18. The number of amides is 1. The summed E-state index contributed by atoms with van der Waals surface area (Å²) in [5, 5.41) is 4.25. The zero-order valence-corrected chi connectivity index (χ0v) is 16.4. The lowest BCUT2D eigenvalue weighted by Crippen LogP contribution is -2.36. The Labute approximate surface area is 171 Å². The van der Waals surface area contributed by atoms with Gasteiger partial charge in [0.2, 0.25) is 0 Å². The lowest BCUT2D eigenvalue weighted by Gasteiger charge is -2.31. The van der Waals surface area contributed by atoms with Crippen LogP contribution in [-0.2, 0) is 4.74 Å². The highest BCUT2D eigenvalue weighted by molar-refractivity contribution is 5.95. The summed E-state index contributed by atoms with van der Waals surface area (Å²) in [5.74, 6) is -0.201. The van der Waals surface area contributed by atoms with Crippen LogP contribution in [0.4, 0.5) is 0 Å². The molecule has 0 saturated carbocycles. The topological polar surface area (TPSA) is 53.9 Å². The first-order chi connectivity index (χ1) is 14.3. The number of morpholine rings is 1. The van der Waals surface area contributed by atoms with Crippen molar-refractivity contribution in [3.63, 3.8) is 0 Å². The summed E-state index contributed by atoms with van der Waals surface area (Å²) in [6.45, 7) is 3.21. The Balaban J connectivity index is 1.56. The molecule has 1 aliphatic heterocycles. The van der Waals surface area contributed by atoms with Crippen LogP contribution in [-0.4, -0.2) is 43.3 Å². The van der Waals surface area contributed by atoms with Gasteiger partial charge in [-0.3, -0.25) is 4.79 Å². The summed E-state index contributed by atoms with van der Waals surface area (Å²) >= 11 is 0. The quantitative estimate of drug-likeness (QED) is 0.626. The van der Waals surface area contributed by atoms with Crippen LogP contribution >= 0.6 is 0 Å². The van der Waals surface area contributed by atoms with Gasteiger partial charge in [-0.1, -0.05) is 48.5 Å². The SMILES string of the molecule is O=C(N/N=C/C1=C(N2CCOCC2)C(=C\c2ccccc2)/CC1)c1ccccc1. The van der Waals surface area contributed by atoms with E-state index in [0.29, 0.717) is 5.56 Å². The second-order valence-electron chi connectivity index (χ2n) is 7.12. The second-order valence-corrected chi connectivity index (χ2v) is 7.12. The van der Waals surface area contributed by atoms with Crippen molar-refractivity contribution < 1.29 is 9.53 Å². The Hall–Kier alpha value is -3.18. The van der Waals surface area contributed by atoms with E-state index in [1.165, 1.54) is 16.8 Å². The largest absolute Gasteiger partial charge is 0.378 e. The van der Waals surface area contributed by atoms with E-state index < -0.39 is 0 Å². The second kappa shape index (κ2) is 9.34. The standard InChI is InChI=1S/C24H25N3O2/c28-24(20-9-5-2-6-10-20)26-25-18-22-12-11-21(17-19-7-3-1-4-8-19)23(22)27-13-15-29-16-14-27/h1-10,17-18H,11-16H2,(H,26,28)/b21-17-,25-18+. The molecule has 0 unspecified atom stereocenters. The monoisotopic (exact) mass is 387 g/mol. The first-order valence-corrected chi connectivity index (χ1v) is 10.0.